The van der Waals surface area contributed by atoms with Gasteiger partial charge in [-0.1, -0.05) is 26.0 Å². The lowest BCUT2D eigenvalue weighted by Gasteiger charge is -2.29. The van der Waals surface area contributed by atoms with Crippen molar-refractivity contribution in [2.75, 3.05) is 25.6 Å². The van der Waals surface area contributed by atoms with E-state index in [1.165, 1.54) is 39.1 Å². The second kappa shape index (κ2) is 11.7. The average molecular weight is 563 g/mol. The zero-order chi connectivity index (χ0) is 29.4. The molecule has 6 heteroatoms. The molecular formula is C36H42N4O2. The average Bonchev–Trinajstić information content (AvgIpc) is 3.37. The number of aromatic nitrogens is 2. The van der Waals surface area contributed by atoms with Crippen LogP contribution in [0, 0.1) is 11.8 Å². The van der Waals surface area contributed by atoms with Gasteiger partial charge < -0.3 is 19.8 Å². The Bertz CT molecular complexity index is 1680. The van der Waals surface area contributed by atoms with Gasteiger partial charge >= 0.3 is 0 Å². The van der Waals surface area contributed by atoms with Crippen molar-refractivity contribution in [3.05, 3.63) is 82.6 Å². The molecule has 1 aromatic heterocycles. The summed E-state index contributed by atoms with van der Waals surface area (Å²) in [5.74, 6) is 3.96. The van der Waals surface area contributed by atoms with Crippen molar-refractivity contribution in [2.45, 2.75) is 59.8 Å². The third kappa shape index (κ3) is 5.42. The van der Waals surface area contributed by atoms with E-state index in [1.807, 2.05) is 0 Å². The van der Waals surface area contributed by atoms with Gasteiger partial charge in [-0.2, -0.15) is 0 Å². The lowest BCUT2D eigenvalue weighted by Crippen LogP contribution is -2.24. The summed E-state index contributed by atoms with van der Waals surface area (Å²) in [5.41, 5.74) is 11.8. The Labute approximate surface area is 249 Å². The van der Waals surface area contributed by atoms with Gasteiger partial charge in [0.2, 0.25) is 5.95 Å². The molecule has 2 aliphatic rings. The highest BCUT2D eigenvalue weighted by Gasteiger charge is 2.28. The summed E-state index contributed by atoms with van der Waals surface area (Å²) in [7, 11) is 1.74. The summed E-state index contributed by atoms with van der Waals surface area (Å²) in [6.45, 7) is 12.7. The van der Waals surface area contributed by atoms with Crippen molar-refractivity contribution in [3.8, 4) is 22.6 Å². The summed E-state index contributed by atoms with van der Waals surface area (Å²) in [5, 5.41) is 3.27. The van der Waals surface area contributed by atoms with Crippen molar-refractivity contribution < 1.29 is 9.47 Å². The quantitative estimate of drug-likeness (QED) is 0.247. The molecular weight excluding hydrogens is 520 g/mol. The van der Waals surface area contributed by atoms with Gasteiger partial charge in [0.05, 0.1) is 24.8 Å². The van der Waals surface area contributed by atoms with E-state index >= 15 is 0 Å². The molecule has 2 N–H and O–H groups in total. The summed E-state index contributed by atoms with van der Waals surface area (Å²) in [4.78, 5) is 13.3. The number of rotatable bonds is 6. The number of hydrogen-bond acceptors (Lipinski definition) is 5. The molecule has 6 nitrogen and oxygen atoms in total. The molecule has 0 radical (unpaired) electrons. The minimum Gasteiger partial charge on any atom is -0.497 e. The number of hydrogen-bond donors (Lipinski definition) is 2. The lowest BCUT2D eigenvalue weighted by atomic mass is 9.79. The molecule has 6 rings (SSSR count). The minimum atomic E-state index is 0.301. The maximum Gasteiger partial charge on any atom is 0.201 e. The number of aliphatic imine (C=N–C) groups is 1. The number of fused-ring (bicyclic) bond motifs is 3. The van der Waals surface area contributed by atoms with E-state index in [0.29, 0.717) is 24.4 Å². The number of imidazole rings is 1. The molecule has 3 aromatic carbocycles. The first kappa shape index (κ1) is 28.1. The molecule has 42 heavy (non-hydrogen) atoms. The molecule has 0 fully saturated rings. The van der Waals surface area contributed by atoms with Crippen LogP contribution in [0.3, 0.4) is 0 Å². The van der Waals surface area contributed by atoms with Crippen LogP contribution >= 0.6 is 0 Å². The number of ether oxygens (including phenoxy) is 2. The van der Waals surface area contributed by atoms with Crippen molar-refractivity contribution in [3.63, 3.8) is 0 Å². The van der Waals surface area contributed by atoms with Crippen LogP contribution in [0.15, 0.2) is 70.9 Å². The Morgan fingerprint density at radius 3 is 2.64 bits per heavy atom. The van der Waals surface area contributed by atoms with Gasteiger partial charge in [-0.05, 0) is 122 Å². The molecule has 0 saturated heterocycles. The predicted octanol–water partition coefficient (Wildman–Crippen LogP) is 8.54. The van der Waals surface area contributed by atoms with E-state index in [1.54, 1.807) is 7.11 Å². The standard InChI is InChI=1S/C36H42N4O2/c1-7-37-36-39-32-12-8-27(19-34(32)40-36)26-9-13-35-28(17-26)16-21(2)25(14-15-42-35)18-33-30-11-10-29(41-6)20-31(30)23(4)22(3)24(5)38-33/h8-13,17,19-21,23,25H,7,14-16,18H2,1-6H3,(H2,37,39,40). The topological polar surface area (TPSA) is 71.5 Å². The first-order valence-corrected chi connectivity index (χ1v) is 15.3. The second-order valence-corrected chi connectivity index (χ2v) is 12.0. The molecule has 0 aliphatic carbocycles. The van der Waals surface area contributed by atoms with Crippen LogP contribution < -0.4 is 14.8 Å². The molecule has 3 heterocycles. The van der Waals surface area contributed by atoms with E-state index in [2.05, 4.69) is 105 Å². The predicted molar refractivity (Wildman–Crippen MR) is 173 cm³/mol. The molecule has 3 unspecified atom stereocenters. The molecule has 218 valence electrons. The van der Waals surface area contributed by atoms with E-state index in [4.69, 9.17) is 14.5 Å². The van der Waals surface area contributed by atoms with Gasteiger partial charge in [0.15, 0.2) is 0 Å². The Hall–Kier alpha value is -4.06. The Balaban J connectivity index is 1.27. The van der Waals surface area contributed by atoms with Gasteiger partial charge in [-0.25, -0.2) is 4.98 Å². The van der Waals surface area contributed by atoms with E-state index < -0.39 is 0 Å². The van der Waals surface area contributed by atoms with Crippen LogP contribution in [-0.4, -0.2) is 35.9 Å². The molecule has 0 saturated carbocycles. The van der Waals surface area contributed by atoms with Crippen LogP contribution in [0.25, 0.3) is 22.2 Å². The van der Waals surface area contributed by atoms with Crippen LogP contribution in [0.5, 0.6) is 11.5 Å². The maximum atomic E-state index is 6.38. The monoisotopic (exact) mass is 562 g/mol. The number of aromatic amines is 1. The Morgan fingerprint density at radius 1 is 1.02 bits per heavy atom. The lowest BCUT2D eigenvalue weighted by molar-refractivity contribution is 0.226. The van der Waals surface area contributed by atoms with Crippen LogP contribution in [0.1, 0.15) is 70.1 Å². The summed E-state index contributed by atoms with van der Waals surface area (Å²) in [6, 6.07) is 19.6. The van der Waals surface area contributed by atoms with E-state index in [0.717, 1.165) is 60.0 Å². The normalized spacial score (nSPS) is 20.5. The zero-order valence-corrected chi connectivity index (χ0v) is 25.7. The van der Waals surface area contributed by atoms with Crippen molar-refractivity contribution >= 4 is 22.7 Å². The maximum absolute atomic E-state index is 6.38. The highest BCUT2D eigenvalue weighted by Crippen LogP contribution is 2.39. The fourth-order valence-corrected chi connectivity index (χ4v) is 6.51. The molecule has 4 aromatic rings. The number of H-pyrrole nitrogens is 1. The SMILES string of the molecule is CCNc1nc2ccc(-c3ccc4c(c3)CC(C)C(CC3=NC(C)=C(C)C(C)c5cc(OC)ccc53)CCO4)cc2[nH]1. The van der Waals surface area contributed by atoms with E-state index in [9.17, 15) is 0 Å². The van der Waals surface area contributed by atoms with Crippen molar-refractivity contribution in [1.82, 2.24) is 9.97 Å². The number of allylic oxidation sites excluding steroid dienone is 2. The molecule has 0 amide bonds. The third-order valence-corrected chi connectivity index (χ3v) is 9.33. The van der Waals surface area contributed by atoms with Gasteiger partial charge in [0.1, 0.15) is 11.5 Å². The second-order valence-electron chi connectivity index (χ2n) is 12.0. The fourth-order valence-electron chi connectivity index (χ4n) is 6.51. The molecule has 3 atom stereocenters. The molecule has 0 spiro atoms. The number of anilines is 1. The first-order valence-electron chi connectivity index (χ1n) is 15.3. The van der Waals surface area contributed by atoms with E-state index in [-0.39, 0.29) is 0 Å². The smallest absolute Gasteiger partial charge is 0.201 e. The Morgan fingerprint density at radius 2 is 1.83 bits per heavy atom. The Kier molecular flexibility index (Phi) is 7.80. The molecule has 2 aliphatic heterocycles. The minimum absolute atomic E-state index is 0.301. The van der Waals surface area contributed by atoms with Crippen molar-refractivity contribution in [2.24, 2.45) is 16.8 Å². The van der Waals surface area contributed by atoms with Crippen LogP contribution in [-0.2, 0) is 6.42 Å². The van der Waals surface area contributed by atoms with Gasteiger partial charge in [0.25, 0.3) is 0 Å². The number of nitrogens with zero attached hydrogens (tertiary/aromatic N) is 2. The summed E-state index contributed by atoms with van der Waals surface area (Å²) < 4.78 is 12.0. The number of nitrogens with one attached hydrogen (secondary N) is 2. The number of benzene rings is 3. The summed E-state index contributed by atoms with van der Waals surface area (Å²) in [6.07, 6.45) is 2.91. The highest BCUT2D eigenvalue weighted by atomic mass is 16.5. The highest BCUT2D eigenvalue weighted by molar-refractivity contribution is 6.03. The zero-order valence-electron chi connectivity index (χ0n) is 25.7. The first-order chi connectivity index (χ1) is 20.3. The van der Waals surface area contributed by atoms with Crippen molar-refractivity contribution in [1.29, 1.82) is 0 Å². The molecule has 0 bridgehead atoms. The summed E-state index contributed by atoms with van der Waals surface area (Å²) >= 11 is 0. The van der Waals surface area contributed by atoms with Crippen LogP contribution in [0.4, 0.5) is 5.95 Å². The van der Waals surface area contributed by atoms with Gasteiger partial charge in [-0.3, -0.25) is 4.99 Å². The number of methoxy groups -OCH3 is 1. The van der Waals surface area contributed by atoms with Gasteiger partial charge in [-0.15, -0.1) is 0 Å². The largest absolute Gasteiger partial charge is 0.497 e. The van der Waals surface area contributed by atoms with Crippen LogP contribution in [0.2, 0.25) is 0 Å². The fraction of sp³-hybridized carbons (Fsp3) is 0.389. The third-order valence-electron chi connectivity index (χ3n) is 9.33. The van der Waals surface area contributed by atoms with Gasteiger partial charge in [0, 0.05) is 29.4 Å².